The van der Waals surface area contributed by atoms with E-state index >= 15 is 0 Å². The molecule has 0 spiro atoms. The van der Waals surface area contributed by atoms with Gasteiger partial charge in [0.15, 0.2) is 0 Å². The van der Waals surface area contributed by atoms with E-state index in [9.17, 15) is 18.0 Å². The number of alkyl halides is 3. The van der Waals surface area contributed by atoms with Gasteiger partial charge in [-0.25, -0.2) is 0 Å². The van der Waals surface area contributed by atoms with Crippen LogP contribution in [0.4, 0.5) is 13.2 Å². The molecule has 0 saturated heterocycles. The van der Waals surface area contributed by atoms with Crippen molar-refractivity contribution in [1.29, 1.82) is 0 Å². The minimum Gasteiger partial charge on any atom is -0.285 e. The first kappa shape index (κ1) is 10.5. The molecule has 1 nitrogen and oxygen atoms in total. The van der Waals surface area contributed by atoms with Gasteiger partial charge in [-0.1, -0.05) is 18.7 Å². The lowest BCUT2D eigenvalue weighted by molar-refractivity contribution is -0.137. The average Bonchev–Trinajstić information content (AvgIpc) is 2.15. The molecule has 0 aliphatic heterocycles. The molecule has 1 radical (unpaired) electrons. The van der Waals surface area contributed by atoms with Crippen molar-refractivity contribution in [3.05, 3.63) is 41.5 Å². The molecule has 73 valence electrons. The summed E-state index contributed by atoms with van der Waals surface area (Å²) in [5.74, 6) is 0. The van der Waals surface area contributed by atoms with E-state index in [1.54, 1.807) is 0 Å². The van der Waals surface area contributed by atoms with Crippen LogP contribution in [0.2, 0.25) is 0 Å². The third-order valence-electron chi connectivity index (χ3n) is 1.69. The summed E-state index contributed by atoms with van der Waals surface area (Å²) < 4.78 is 37.0. The summed E-state index contributed by atoms with van der Waals surface area (Å²) in [5, 5.41) is 0. The SMILES string of the molecule is C=Cc1cc([C]=O)ccc1C(F)(F)F. The van der Waals surface area contributed by atoms with Gasteiger partial charge in [0.25, 0.3) is 0 Å². The maximum atomic E-state index is 12.3. The van der Waals surface area contributed by atoms with Gasteiger partial charge in [-0.05, 0) is 17.7 Å². The lowest BCUT2D eigenvalue weighted by Gasteiger charge is -2.09. The first-order chi connectivity index (χ1) is 6.49. The fourth-order valence-corrected chi connectivity index (χ4v) is 1.05. The Balaban J connectivity index is 3.32. The average molecular weight is 199 g/mol. The molecule has 14 heavy (non-hydrogen) atoms. The van der Waals surface area contributed by atoms with Crippen LogP contribution in [0.3, 0.4) is 0 Å². The second-order valence-corrected chi connectivity index (χ2v) is 2.61. The van der Waals surface area contributed by atoms with Crippen molar-refractivity contribution in [2.75, 3.05) is 0 Å². The normalized spacial score (nSPS) is 11.1. The van der Waals surface area contributed by atoms with E-state index in [0.717, 1.165) is 24.3 Å². The van der Waals surface area contributed by atoms with Gasteiger partial charge in [0.05, 0.1) is 5.56 Å². The number of carbonyl (C=O) groups excluding carboxylic acids is 1. The number of hydrogen-bond donors (Lipinski definition) is 0. The van der Waals surface area contributed by atoms with E-state index in [2.05, 4.69) is 6.58 Å². The van der Waals surface area contributed by atoms with Crippen molar-refractivity contribution in [1.82, 2.24) is 0 Å². The van der Waals surface area contributed by atoms with Crippen LogP contribution in [0, 0.1) is 0 Å². The van der Waals surface area contributed by atoms with Crippen molar-refractivity contribution in [2.45, 2.75) is 6.18 Å². The van der Waals surface area contributed by atoms with Crippen molar-refractivity contribution >= 4 is 12.4 Å². The Morgan fingerprint density at radius 2 is 2.00 bits per heavy atom. The summed E-state index contributed by atoms with van der Waals surface area (Å²) in [4.78, 5) is 10.2. The Morgan fingerprint density at radius 3 is 2.43 bits per heavy atom. The minimum absolute atomic E-state index is 0.0768. The molecule has 0 amide bonds. The molecular weight excluding hydrogens is 193 g/mol. The zero-order valence-electron chi connectivity index (χ0n) is 7.06. The molecule has 0 aliphatic rings. The standard InChI is InChI=1S/C10H6F3O/c1-2-8-5-7(6-14)3-4-9(8)10(11,12)13/h2-5H,1H2. The highest BCUT2D eigenvalue weighted by molar-refractivity contribution is 5.77. The molecule has 0 heterocycles. The van der Waals surface area contributed by atoms with Crippen LogP contribution in [0.25, 0.3) is 6.08 Å². The van der Waals surface area contributed by atoms with Gasteiger partial charge < -0.3 is 0 Å². The van der Waals surface area contributed by atoms with E-state index in [0.29, 0.717) is 0 Å². The summed E-state index contributed by atoms with van der Waals surface area (Å²) in [5.41, 5.74) is -0.835. The van der Waals surface area contributed by atoms with E-state index in [-0.39, 0.29) is 11.1 Å². The maximum absolute atomic E-state index is 12.3. The maximum Gasteiger partial charge on any atom is 0.416 e. The number of rotatable bonds is 2. The van der Waals surface area contributed by atoms with Crippen LogP contribution in [-0.2, 0) is 11.0 Å². The number of halogens is 3. The smallest absolute Gasteiger partial charge is 0.285 e. The Morgan fingerprint density at radius 1 is 1.36 bits per heavy atom. The van der Waals surface area contributed by atoms with Crippen molar-refractivity contribution in [2.24, 2.45) is 0 Å². The summed E-state index contributed by atoms with van der Waals surface area (Å²) in [6, 6.07) is 3.02. The van der Waals surface area contributed by atoms with Crippen LogP contribution >= 0.6 is 0 Å². The van der Waals surface area contributed by atoms with Crippen LogP contribution in [0.1, 0.15) is 16.7 Å². The van der Waals surface area contributed by atoms with Gasteiger partial charge in [0, 0.05) is 5.56 Å². The van der Waals surface area contributed by atoms with E-state index < -0.39 is 11.7 Å². The molecule has 0 N–H and O–H groups in total. The Kier molecular flexibility index (Phi) is 2.74. The second-order valence-electron chi connectivity index (χ2n) is 2.61. The molecule has 0 atom stereocenters. The van der Waals surface area contributed by atoms with Gasteiger partial charge in [0.2, 0.25) is 6.29 Å². The quantitative estimate of drug-likeness (QED) is 0.715. The molecular formula is C10H6F3O. The zero-order chi connectivity index (χ0) is 10.8. The number of benzene rings is 1. The fourth-order valence-electron chi connectivity index (χ4n) is 1.05. The van der Waals surface area contributed by atoms with Crippen LogP contribution < -0.4 is 0 Å². The Bertz CT molecular complexity index is 366. The molecule has 0 saturated carbocycles. The zero-order valence-corrected chi connectivity index (χ0v) is 7.06. The van der Waals surface area contributed by atoms with Crippen LogP contribution in [0.5, 0.6) is 0 Å². The second kappa shape index (κ2) is 3.65. The van der Waals surface area contributed by atoms with Gasteiger partial charge in [-0.2, -0.15) is 13.2 Å². The van der Waals surface area contributed by atoms with Gasteiger partial charge in [-0.3, -0.25) is 4.79 Å². The van der Waals surface area contributed by atoms with Gasteiger partial charge in [-0.15, -0.1) is 0 Å². The molecule has 1 aromatic carbocycles. The largest absolute Gasteiger partial charge is 0.416 e. The van der Waals surface area contributed by atoms with E-state index in [1.807, 2.05) is 0 Å². The number of hydrogen-bond acceptors (Lipinski definition) is 1. The molecule has 0 bridgehead atoms. The van der Waals surface area contributed by atoms with Crippen LogP contribution in [0.15, 0.2) is 24.8 Å². The summed E-state index contributed by atoms with van der Waals surface area (Å²) >= 11 is 0. The van der Waals surface area contributed by atoms with Crippen molar-refractivity contribution in [3.8, 4) is 0 Å². The highest BCUT2D eigenvalue weighted by Crippen LogP contribution is 2.32. The monoisotopic (exact) mass is 199 g/mol. The highest BCUT2D eigenvalue weighted by Gasteiger charge is 2.32. The minimum atomic E-state index is -4.43. The third kappa shape index (κ3) is 2.02. The Hall–Kier alpha value is -1.58. The molecule has 4 heteroatoms. The Labute approximate surface area is 78.9 Å². The third-order valence-corrected chi connectivity index (χ3v) is 1.69. The van der Waals surface area contributed by atoms with Gasteiger partial charge >= 0.3 is 6.18 Å². The van der Waals surface area contributed by atoms with Crippen LogP contribution in [-0.4, -0.2) is 6.29 Å². The fraction of sp³-hybridized carbons (Fsp3) is 0.100. The van der Waals surface area contributed by atoms with Crippen molar-refractivity contribution in [3.63, 3.8) is 0 Å². The lowest BCUT2D eigenvalue weighted by atomic mass is 10.0. The van der Waals surface area contributed by atoms with Gasteiger partial charge in [0.1, 0.15) is 0 Å². The van der Waals surface area contributed by atoms with E-state index in [1.165, 1.54) is 6.29 Å². The summed E-state index contributed by atoms with van der Waals surface area (Å²) in [6.45, 7) is 3.25. The first-order valence-electron chi connectivity index (χ1n) is 3.71. The predicted octanol–water partition coefficient (Wildman–Crippen LogP) is 2.81. The molecule has 0 aromatic heterocycles. The summed E-state index contributed by atoms with van der Waals surface area (Å²) in [7, 11) is 0. The molecule has 1 rings (SSSR count). The molecule has 0 aliphatic carbocycles. The highest BCUT2D eigenvalue weighted by atomic mass is 19.4. The molecule has 0 fully saturated rings. The summed E-state index contributed by atoms with van der Waals surface area (Å²) in [6.07, 6.45) is -1.85. The lowest BCUT2D eigenvalue weighted by Crippen LogP contribution is -2.07. The van der Waals surface area contributed by atoms with E-state index in [4.69, 9.17) is 0 Å². The topological polar surface area (TPSA) is 17.1 Å². The molecule has 0 unspecified atom stereocenters. The molecule has 1 aromatic rings. The predicted molar refractivity (Wildman–Crippen MR) is 46.3 cm³/mol. The van der Waals surface area contributed by atoms with Crippen molar-refractivity contribution < 1.29 is 18.0 Å². The first-order valence-corrected chi connectivity index (χ1v) is 3.71.